The highest BCUT2D eigenvalue weighted by Gasteiger charge is 2.43. The first-order valence-corrected chi connectivity index (χ1v) is 6.56. The third-order valence-electron chi connectivity index (χ3n) is 3.61. The summed E-state index contributed by atoms with van der Waals surface area (Å²) < 4.78 is 11.2. The molecule has 98 valence electrons. The maximum atomic E-state index is 11.5. The molecule has 1 aliphatic carbocycles. The summed E-state index contributed by atoms with van der Waals surface area (Å²) in [7, 11) is 1.71. The minimum Gasteiger partial charge on any atom is -0.453 e. The molecule has 0 N–H and O–H groups in total. The van der Waals surface area contributed by atoms with Crippen molar-refractivity contribution in [2.75, 3.05) is 7.11 Å². The van der Waals surface area contributed by atoms with Crippen LogP contribution in [-0.4, -0.2) is 24.8 Å². The molecule has 0 amide bonds. The molecule has 0 aromatic carbocycles. The molecule has 1 rings (SSSR count). The lowest BCUT2D eigenvalue weighted by molar-refractivity contribution is -0.180. The van der Waals surface area contributed by atoms with E-state index in [1.807, 2.05) is 0 Å². The summed E-state index contributed by atoms with van der Waals surface area (Å²) in [5.41, 5.74) is -0.422. The van der Waals surface area contributed by atoms with E-state index in [9.17, 15) is 4.79 Å². The van der Waals surface area contributed by atoms with Crippen LogP contribution in [0.4, 0.5) is 0 Å². The summed E-state index contributed by atoms with van der Waals surface area (Å²) in [5.74, 6) is -0.329. The van der Waals surface area contributed by atoms with Crippen LogP contribution in [-0.2, 0) is 14.3 Å². The smallest absolute Gasteiger partial charge is 0.330 e. The minimum absolute atomic E-state index is 0.0340. The third kappa shape index (κ3) is 3.56. The molecule has 2 unspecified atom stereocenters. The number of rotatable bonds is 6. The highest BCUT2D eigenvalue weighted by Crippen LogP contribution is 2.38. The Hall–Kier alpha value is -0.830. The summed E-state index contributed by atoms with van der Waals surface area (Å²) in [5, 5.41) is 0. The van der Waals surface area contributed by atoms with Gasteiger partial charge in [0.15, 0.2) is 0 Å². The number of hydrogen-bond acceptors (Lipinski definition) is 3. The fraction of sp³-hybridized carbons (Fsp3) is 0.786. The largest absolute Gasteiger partial charge is 0.453 e. The van der Waals surface area contributed by atoms with Gasteiger partial charge in [0.25, 0.3) is 0 Å². The van der Waals surface area contributed by atoms with Crippen LogP contribution in [0.1, 0.15) is 51.9 Å². The lowest BCUT2D eigenvalue weighted by Crippen LogP contribution is -2.49. The zero-order valence-corrected chi connectivity index (χ0v) is 11.0. The second kappa shape index (κ2) is 6.80. The van der Waals surface area contributed by atoms with Crippen LogP contribution in [0.25, 0.3) is 0 Å². The molecule has 0 bridgehead atoms. The summed E-state index contributed by atoms with van der Waals surface area (Å²) >= 11 is 0. The first-order valence-electron chi connectivity index (χ1n) is 6.56. The third-order valence-corrected chi connectivity index (χ3v) is 3.61. The normalized spacial score (nSPS) is 28.7. The molecule has 0 aliphatic heterocycles. The molecule has 2 atom stereocenters. The number of unbranched alkanes of at least 4 members (excludes halogenated alkanes) is 1. The van der Waals surface area contributed by atoms with Gasteiger partial charge < -0.3 is 9.47 Å². The number of carbonyl (C=O) groups is 1. The second-order valence-corrected chi connectivity index (χ2v) is 4.76. The number of hydrogen-bond donors (Lipinski definition) is 0. The summed E-state index contributed by atoms with van der Waals surface area (Å²) in [6, 6.07) is 0. The Morgan fingerprint density at radius 1 is 1.53 bits per heavy atom. The van der Waals surface area contributed by atoms with E-state index < -0.39 is 5.60 Å². The van der Waals surface area contributed by atoms with Crippen molar-refractivity contribution in [3.8, 4) is 0 Å². The quantitative estimate of drug-likeness (QED) is 0.528. The first kappa shape index (κ1) is 14.2. The highest BCUT2D eigenvalue weighted by molar-refractivity contribution is 5.81. The monoisotopic (exact) mass is 240 g/mol. The van der Waals surface area contributed by atoms with Crippen molar-refractivity contribution in [2.45, 2.75) is 63.6 Å². The van der Waals surface area contributed by atoms with Crippen molar-refractivity contribution in [1.82, 2.24) is 0 Å². The van der Waals surface area contributed by atoms with Gasteiger partial charge in [0.1, 0.15) is 5.60 Å². The number of carbonyl (C=O) groups excluding carboxylic acids is 1. The molecule has 0 aromatic rings. The van der Waals surface area contributed by atoms with E-state index in [1.165, 1.54) is 6.08 Å². The van der Waals surface area contributed by atoms with Crippen molar-refractivity contribution in [2.24, 2.45) is 0 Å². The molecule has 1 saturated carbocycles. The van der Waals surface area contributed by atoms with E-state index in [0.717, 1.165) is 44.9 Å². The Morgan fingerprint density at radius 3 is 2.88 bits per heavy atom. The summed E-state index contributed by atoms with van der Waals surface area (Å²) in [6.07, 6.45) is 8.47. The maximum Gasteiger partial charge on any atom is 0.330 e. The molecule has 0 spiro atoms. The number of esters is 1. The molecule has 17 heavy (non-hydrogen) atoms. The van der Waals surface area contributed by atoms with Gasteiger partial charge in [-0.25, -0.2) is 4.79 Å². The molecule has 0 saturated heterocycles. The van der Waals surface area contributed by atoms with Crippen molar-refractivity contribution in [3.05, 3.63) is 12.7 Å². The summed E-state index contributed by atoms with van der Waals surface area (Å²) in [6.45, 7) is 5.62. The average molecular weight is 240 g/mol. The van der Waals surface area contributed by atoms with Crippen molar-refractivity contribution in [1.29, 1.82) is 0 Å². The van der Waals surface area contributed by atoms with Crippen LogP contribution in [0, 0.1) is 0 Å². The fourth-order valence-electron chi connectivity index (χ4n) is 2.68. The molecule has 1 fully saturated rings. The van der Waals surface area contributed by atoms with Crippen LogP contribution in [0.2, 0.25) is 0 Å². The van der Waals surface area contributed by atoms with Gasteiger partial charge in [-0.2, -0.15) is 0 Å². The van der Waals surface area contributed by atoms with Crippen molar-refractivity contribution in [3.63, 3.8) is 0 Å². The van der Waals surface area contributed by atoms with Crippen LogP contribution >= 0.6 is 0 Å². The van der Waals surface area contributed by atoms with Gasteiger partial charge in [0.05, 0.1) is 6.10 Å². The van der Waals surface area contributed by atoms with Gasteiger partial charge in [0, 0.05) is 13.2 Å². The van der Waals surface area contributed by atoms with Gasteiger partial charge in [-0.1, -0.05) is 26.3 Å². The Kier molecular flexibility index (Phi) is 5.69. The maximum absolute atomic E-state index is 11.5. The van der Waals surface area contributed by atoms with E-state index >= 15 is 0 Å². The van der Waals surface area contributed by atoms with Gasteiger partial charge in [-0.05, 0) is 32.1 Å². The topological polar surface area (TPSA) is 35.5 Å². The Morgan fingerprint density at radius 2 is 2.29 bits per heavy atom. The van der Waals surface area contributed by atoms with Crippen LogP contribution in [0.3, 0.4) is 0 Å². The second-order valence-electron chi connectivity index (χ2n) is 4.76. The van der Waals surface area contributed by atoms with E-state index in [2.05, 4.69) is 13.5 Å². The minimum atomic E-state index is -0.422. The van der Waals surface area contributed by atoms with E-state index in [4.69, 9.17) is 9.47 Å². The zero-order valence-electron chi connectivity index (χ0n) is 11.0. The van der Waals surface area contributed by atoms with Crippen molar-refractivity contribution >= 4 is 5.97 Å². The molecule has 1 aliphatic rings. The highest BCUT2D eigenvalue weighted by atomic mass is 16.6. The van der Waals surface area contributed by atoms with Crippen LogP contribution < -0.4 is 0 Å². The standard InChI is InChI=1S/C14H24O3/c1-4-6-10-14(17-13(15)5-2)11-8-7-9-12(14)16-3/h5,12H,2,4,6-11H2,1,3H3. The zero-order chi connectivity index (χ0) is 12.7. The number of methoxy groups -OCH3 is 1. The Balaban J connectivity index is 2.80. The lowest BCUT2D eigenvalue weighted by Gasteiger charge is -2.42. The molecular formula is C14H24O3. The molecule has 3 heteroatoms. The van der Waals surface area contributed by atoms with E-state index in [1.54, 1.807) is 7.11 Å². The van der Waals surface area contributed by atoms with Gasteiger partial charge >= 0.3 is 5.97 Å². The summed E-state index contributed by atoms with van der Waals surface area (Å²) in [4.78, 5) is 11.5. The Labute approximate surface area is 104 Å². The van der Waals surface area contributed by atoms with E-state index in [-0.39, 0.29) is 12.1 Å². The predicted molar refractivity (Wildman–Crippen MR) is 67.8 cm³/mol. The average Bonchev–Trinajstić information content (AvgIpc) is 2.36. The predicted octanol–water partition coefficient (Wildman–Crippen LogP) is 3.23. The SMILES string of the molecule is C=CC(=O)OC1(CCCC)CCCCC1OC. The molecular weight excluding hydrogens is 216 g/mol. The molecule has 0 aromatic heterocycles. The molecule has 3 nitrogen and oxygen atoms in total. The molecule has 0 heterocycles. The van der Waals surface area contributed by atoms with Crippen LogP contribution in [0.15, 0.2) is 12.7 Å². The van der Waals surface area contributed by atoms with Gasteiger partial charge in [0.2, 0.25) is 0 Å². The van der Waals surface area contributed by atoms with Crippen molar-refractivity contribution < 1.29 is 14.3 Å². The van der Waals surface area contributed by atoms with Gasteiger partial charge in [-0.15, -0.1) is 0 Å². The van der Waals surface area contributed by atoms with E-state index in [0.29, 0.717) is 0 Å². The lowest BCUT2D eigenvalue weighted by atomic mass is 9.78. The first-order chi connectivity index (χ1) is 8.18. The van der Waals surface area contributed by atoms with Crippen LogP contribution in [0.5, 0.6) is 0 Å². The molecule has 0 radical (unpaired) electrons. The number of ether oxygens (including phenoxy) is 2. The fourth-order valence-corrected chi connectivity index (χ4v) is 2.68. The van der Waals surface area contributed by atoms with Gasteiger partial charge in [-0.3, -0.25) is 0 Å². The Bertz CT molecular complexity index is 262.